The fourth-order valence-electron chi connectivity index (χ4n) is 2.59. The highest BCUT2D eigenvalue weighted by Gasteiger charge is 2.23. The zero-order valence-electron chi connectivity index (χ0n) is 12.0. The van der Waals surface area contributed by atoms with Crippen molar-refractivity contribution in [2.24, 2.45) is 5.14 Å². The van der Waals surface area contributed by atoms with Crippen LogP contribution >= 0.6 is 0 Å². The maximum absolute atomic E-state index is 11.7. The first-order valence-electron chi connectivity index (χ1n) is 6.93. The Bertz CT molecular complexity index is 743. The molecule has 2 N–H and O–H groups in total. The van der Waals surface area contributed by atoms with Crippen molar-refractivity contribution < 1.29 is 8.42 Å². The molecule has 1 saturated heterocycles. The lowest BCUT2D eigenvalue weighted by Crippen LogP contribution is -2.47. The van der Waals surface area contributed by atoms with Gasteiger partial charge in [-0.05, 0) is 12.1 Å². The third-order valence-corrected chi connectivity index (χ3v) is 4.62. The van der Waals surface area contributed by atoms with Gasteiger partial charge in [-0.1, -0.05) is 12.1 Å². The molecule has 0 atom stereocenters. The van der Waals surface area contributed by atoms with Crippen LogP contribution in [0.4, 0.5) is 11.5 Å². The zero-order valence-corrected chi connectivity index (χ0v) is 12.8. The number of aromatic nitrogens is 2. The van der Waals surface area contributed by atoms with E-state index in [0.29, 0.717) is 18.8 Å². The van der Waals surface area contributed by atoms with Crippen LogP contribution in [0.15, 0.2) is 47.8 Å². The molecule has 1 aliphatic heterocycles. The summed E-state index contributed by atoms with van der Waals surface area (Å²) in [5.74, 6) is 0.835. The van der Waals surface area contributed by atoms with Gasteiger partial charge in [-0.15, -0.1) is 0 Å². The summed E-state index contributed by atoms with van der Waals surface area (Å²) in [7, 11) is -3.73. The highest BCUT2D eigenvalue weighted by atomic mass is 32.2. The second kappa shape index (κ2) is 5.90. The van der Waals surface area contributed by atoms with Crippen molar-refractivity contribution in [1.29, 1.82) is 0 Å². The number of hydrogen-bond acceptors (Lipinski definition) is 6. The third-order valence-electron chi connectivity index (χ3n) is 3.67. The average Bonchev–Trinajstić information content (AvgIpc) is 2.55. The number of primary sulfonamides is 1. The van der Waals surface area contributed by atoms with Gasteiger partial charge in [0.2, 0.25) is 10.0 Å². The van der Waals surface area contributed by atoms with E-state index in [4.69, 9.17) is 5.14 Å². The number of anilines is 2. The van der Waals surface area contributed by atoms with E-state index in [1.807, 2.05) is 11.0 Å². The van der Waals surface area contributed by atoms with Crippen molar-refractivity contribution in [3.05, 3.63) is 42.9 Å². The number of nitrogens with zero attached hydrogens (tertiary/aromatic N) is 4. The highest BCUT2D eigenvalue weighted by Crippen LogP contribution is 2.25. The Morgan fingerprint density at radius 3 is 2.32 bits per heavy atom. The minimum atomic E-state index is -3.73. The molecule has 3 rings (SSSR count). The highest BCUT2D eigenvalue weighted by molar-refractivity contribution is 7.89. The predicted octanol–water partition coefficient (Wildman–Crippen LogP) is 0.451. The first kappa shape index (κ1) is 14.7. The van der Waals surface area contributed by atoms with E-state index in [2.05, 4.69) is 14.9 Å². The molecular formula is C14H17N5O2S. The molecule has 0 unspecified atom stereocenters. The van der Waals surface area contributed by atoms with Crippen LogP contribution in [0.2, 0.25) is 0 Å². The Labute approximate surface area is 129 Å². The summed E-state index contributed by atoms with van der Waals surface area (Å²) in [5, 5.41) is 5.30. The summed E-state index contributed by atoms with van der Waals surface area (Å²) < 4.78 is 23.4. The average molecular weight is 319 g/mol. The molecule has 8 heteroatoms. The van der Waals surface area contributed by atoms with E-state index in [9.17, 15) is 8.42 Å². The van der Waals surface area contributed by atoms with Gasteiger partial charge in [0.15, 0.2) is 0 Å². The van der Waals surface area contributed by atoms with E-state index in [1.54, 1.807) is 36.8 Å². The lowest BCUT2D eigenvalue weighted by atomic mass is 10.2. The van der Waals surface area contributed by atoms with Gasteiger partial charge in [-0.2, -0.15) is 0 Å². The van der Waals surface area contributed by atoms with Crippen molar-refractivity contribution in [3.63, 3.8) is 0 Å². The predicted molar refractivity (Wildman–Crippen MR) is 84.3 cm³/mol. The molecule has 0 aliphatic carbocycles. The Kier molecular flexibility index (Phi) is 3.95. The quantitative estimate of drug-likeness (QED) is 0.883. The molecule has 1 aromatic carbocycles. The van der Waals surface area contributed by atoms with Gasteiger partial charge < -0.3 is 9.80 Å². The van der Waals surface area contributed by atoms with E-state index < -0.39 is 10.0 Å². The van der Waals surface area contributed by atoms with Gasteiger partial charge in [0, 0.05) is 38.6 Å². The molecule has 2 aromatic rings. The Morgan fingerprint density at radius 2 is 1.68 bits per heavy atom. The molecule has 0 saturated carbocycles. The number of rotatable bonds is 3. The van der Waals surface area contributed by atoms with Crippen molar-refractivity contribution in [1.82, 2.24) is 9.97 Å². The molecule has 0 amide bonds. The summed E-state index contributed by atoms with van der Waals surface area (Å²) in [6.07, 6.45) is 5.04. The van der Waals surface area contributed by atoms with Crippen LogP contribution in [0.3, 0.4) is 0 Å². The van der Waals surface area contributed by atoms with Crippen LogP contribution in [0, 0.1) is 0 Å². The third kappa shape index (κ3) is 3.02. The Hall–Kier alpha value is -2.19. The number of benzene rings is 1. The van der Waals surface area contributed by atoms with Crippen molar-refractivity contribution >= 4 is 21.5 Å². The van der Waals surface area contributed by atoms with Crippen LogP contribution in [0.25, 0.3) is 0 Å². The molecule has 22 heavy (non-hydrogen) atoms. The Balaban J connectivity index is 1.78. The fourth-order valence-corrected chi connectivity index (χ4v) is 3.35. The first-order chi connectivity index (χ1) is 10.6. The number of piperazine rings is 1. The van der Waals surface area contributed by atoms with E-state index in [1.165, 1.54) is 0 Å². The second-order valence-corrected chi connectivity index (χ2v) is 6.58. The summed E-state index contributed by atoms with van der Waals surface area (Å²) in [5.41, 5.74) is 0.656. The van der Waals surface area contributed by atoms with Crippen molar-refractivity contribution in [3.8, 4) is 0 Å². The lowest BCUT2D eigenvalue weighted by molar-refractivity contribution is 0.595. The zero-order chi connectivity index (χ0) is 15.6. The SMILES string of the molecule is NS(=O)(=O)c1ccccc1N1CCN(c2cnccn2)CC1. The molecule has 1 aliphatic rings. The van der Waals surface area contributed by atoms with Gasteiger partial charge >= 0.3 is 0 Å². The summed E-state index contributed by atoms with van der Waals surface area (Å²) in [6, 6.07) is 6.83. The van der Waals surface area contributed by atoms with Crippen LogP contribution in [0.1, 0.15) is 0 Å². The molecule has 0 spiro atoms. The van der Waals surface area contributed by atoms with Crippen LogP contribution in [0.5, 0.6) is 0 Å². The maximum Gasteiger partial charge on any atom is 0.240 e. The van der Waals surface area contributed by atoms with Gasteiger partial charge in [0.1, 0.15) is 10.7 Å². The van der Waals surface area contributed by atoms with Crippen LogP contribution < -0.4 is 14.9 Å². The molecule has 116 valence electrons. The fraction of sp³-hybridized carbons (Fsp3) is 0.286. The molecule has 7 nitrogen and oxygen atoms in total. The molecule has 0 radical (unpaired) electrons. The number of nitrogens with two attached hydrogens (primary N) is 1. The van der Waals surface area contributed by atoms with Gasteiger partial charge in [-0.25, -0.2) is 18.5 Å². The largest absolute Gasteiger partial charge is 0.367 e. The van der Waals surface area contributed by atoms with Crippen LogP contribution in [-0.4, -0.2) is 44.6 Å². The molecule has 2 heterocycles. The molecular weight excluding hydrogens is 302 g/mol. The van der Waals surface area contributed by atoms with Gasteiger partial charge in [0.25, 0.3) is 0 Å². The van der Waals surface area contributed by atoms with Crippen molar-refractivity contribution in [2.45, 2.75) is 4.90 Å². The van der Waals surface area contributed by atoms with Crippen molar-refractivity contribution in [2.75, 3.05) is 36.0 Å². The molecule has 1 aromatic heterocycles. The normalized spacial score (nSPS) is 15.9. The molecule has 1 fully saturated rings. The maximum atomic E-state index is 11.7. The van der Waals surface area contributed by atoms with E-state index in [0.717, 1.165) is 18.9 Å². The summed E-state index contributed by atoms with van der Waals surface area (Å²) in [6.45, 7) is 2.89. The number of sulfonamides is 1. The smallest absolute Gasteiger partial charge is 0.240 e. The van der Waals surface area contributed by atoms with Crippen LogP contribution in [-0.2, 0) is 10.0 Å². The summed E-state index contributed by atoms with van der Waals surface area (Å²) in [4.78, 5) is 12.7. The number of para-hydroxylation sites is 1. The minimum Gasteiger partial charge on any atom is -0.367 e. The standard InChI is InChI=1S/C14H17N5O2S/c15-22(20,21)13-4-2-1-3-12(13)18-7-9-19(10-8-18)14-11-16-5-6-17-14/h1-6,11H,7-10H2,(H2,15,20,21). The van der Waals surface area contributed by atoms with E-state index in [-0.39, 0.29) is 4.90 Å². The lowest BCUT2D eigenvalue weighted by Gasteiger charge is -2.37. The molecule has 0 bridgehead atoms. The summed E-state index contributed by atoms with van der Waals surface area (Å²) >= 11 is 0. The Morgan fingerprint density at radius 1 is 1.00 bits per heavy atom. The van der Waals surface area contributed by atoms with E-state index >= 15 is 0 Å². The first-order valence-corrected chi connectivity index (χ1v) is 8.48. The minimum absolute atomic E-state index is 0.169. The van der Waals surface area contributed by atoms with Gasteiger partial charge in [0.05, 0.1) is 11.9 Å². The van der Waals surface area contributed by atoms with Gasteiger partial charge in [-0.3, -0.25) is 4.98 Å². The second-order valence-electron chi connectivity index (χ2n) is 5.05. The topological polar surface area (TPSA) is 92.4 Å². The number of hydrogen-bond donors (Lipinski definition) is 1. The monoisotopic (exact) mass is 319 g/mol.